The number of hydrogen-bond donors (Lipinski definition) is 1. The van der Waals surface area contributed by atoms with Gasteiger partial charge in [-0.2, -0.15) is 0 Å². The number of fused-ring (bicyclic) bond motifs is 7. The van der Waals surface area contributed by atoms with Crippen LogP contribution in [0.15, 0.2) is 164 Å². The molecule has 1 N–H and O–H groups in total. The van der Waals surface area contributed by atoms with Gasteiger partial charge in [0.05, 0.1) is 27.7 Å². The number of pyridine rings is 1. The van der Waals surface area contributed by atoms with Gasteiger partial charge in [0.2, 0.25) is 0 Å². The van der Waals surface area contributed by atoms with Crippen molar-refractivity contribution in [3.8, 4) is 39.3 Å². The predicted molar refractivity (Wildman–Crippen MR) is 277 cm³/mol. The summed E-state index contributed by atoms with van der Waals surface area (Å²) in [5.41, 5.74) is 20.5. The minimum absolute atomic E-state index is 0.161. The molecule has 1 aliphatic rings. The second-order valence-electron chi connectivity index (χ2n) is 20.5. The van der Waals surface area contributed by atoms with E-state index in [0.717, 1.165) is 56.0 Å². The minimum Gasteiger partial charge on any atom is -0.354 e. The Labute approximate surface area is 389 Å². The quantitative estimate of drug-likeness (QED) is 0.165. The van der Waals surface area contributed by atoms with Crippen LogP contribution in [0.1, 0.15) is 125 Å². The van der Waals surface area contributed by atoms with Gasteiger partial charge in [-0.25, -0.2) is 4.98 Å². The lowest BCUT2D eigenvalue weighted by molar-refractivity contribution is 0.587. The van der Waals surface area contributed by atoms with Gasteiger partial charge >= 0.3 is 0 Å². The number of para-hydroxylation sites is 3. The van der Waals surface area contributed by atoms with Crippen LogP contribution < -0.4 is 0 Å². The smallest absolute Gasteiger partial charge is 0.147 e. The molecule has 326 valence electrons. The van der Waals surface area contributed by atoms with E-state index in [0.29, 0.717) is 17.8 Å². The largest absolute Gasteiger partial charge is 0.354 e. The lowest BCUT2D eigenvalue weighted by Gasteiger charge is -2.35. The Morgan fingerprint density at radius 2 is 1.21 bits per heavy atom. The van der Waals surface area contributed by atoms with Gasteiger partial charge in [-0.15, -0.1) is 0 Å². The van der Waals surface area contributed by atoms with E-state index in [1.165, 1.54) is 60.8 Å². The fourth-order valence-corrected chi connectivity index (χ4v) is 11.0. The summed E-state index contributed by atoms with van der Waals surface area (Å²) < 4.78 is 2.41. The highest BCUT2D eigenvalue weighted by molar-refractivity contribution is 6.12. The molecule has 10 aromatic rings. The highest BCUT2D eigenvalue weighted by Gasteiger charge is 2.48. The average Bonchev–Trinajstić information content (AvgIpc) is 4.00. The van der Waals surface area contributed by atoms with E-state index in [2.05, 4.69) is 230 Å². The Morgan fingerprint density at radius 3 is 1.92 bits per heavy atom. The summed E-state index contributed by atoms with van der Waals surface area (Å²) in [4.78, 5) is 15.0. The van der Waals surface area contributed by atoms with E-state index >= 15 is 0 Å². The zero-order valence-electron chi connectivity index (χ0n) is 39.7. The molecule has 0 saturated heterocycles. The Balaban J connectivity index is 1.23. The van der Waals surface area contributed by atoms with Crippen molar-refractivity contribution in [2.45, 2.75) is 90.9 Å². The molecule has 3 heterocycles. The molecule has 11 rings (SSSR count). The maximum Gasteiger partial charge on any atom is 0.147 e. The number of rotatable bonds is 8. The van der Waals surface area contributed by atoms with Crippen molar-refractivity contribution >= 4 is 32.8 Å². The SMILES string of the molecule is CC(C)c1ccnc(C2(c3cc(-c4cccc5c4nc(-c4cccc6c4[nH]c4ccccc46)n5-c4ccc(C(C)C)c(C(C)C)c4)cc(C(C)(C)C)c3)c3ccccc3-c3ccccc32)c1. The summed E-state index contributed by atoms with van der Waals surface area (Å²) in [6, 6.07) is 58.9. The van der Waals surface area contributed by atoms with Crippen LogP contribution in [-0.4, -0.2) is 19.5 Å². The second-order valence-corrected chi connectivity index (χ2v) is 20.5. The molecule has 0 atom stereocenters. The van der Waals surface area contributed by atoms with Crippen LogP contribution in [0.5, 0.6) is 0 Å². The Hall–Kier alpha value is -7.04. The van der Waals surface area contributed by atoms with Gasteiger partial charge in [0, 0.05) is 39.3 Å². The first-order valence-corrected chi connectivity index (χ1v) is 23.8. The standard InChI is InChI=1S/C62H58N4/c1-37(2)40-30-31-63-57(34-40)62(53-24-13-10-18-47(53)48-19-11-14-25-54(48)62)43-33-41(32-42(35-43)61(7,8)9)46-21-17-27-56-59(46)65-60(66(56)44-28-29-45(38(3)4)52(36-44)39(5)6)51-23-16-22-50-49-20-12-15-26-55(49)64-58(50)51/h10-39,64H,1-9H3. The van der Waals surface area contributed by atoms with Crippen molar-refractivity contribution in [3.05, 3.63) is 209 Å². The van der Waals surface area contributed by atoms with Crippen molar-refractivity contribution < 1.29 is 0 Å². The second kappa shape index (κ2) is 15.6. The van der Waals surface area contributed by atoms with Crippen molar-refractivity contribution in [1.29, 1.82) is 0 Å². The molecular weight excluding hydrogens is 801 g/mol. The van der Waals surface area contributed by atoms with Gasteiger partial charge < -0.3 is 4.98 Å². The maximum absolute atomic E-state index is 5.82. The third kappa shape index (κ3) is 6.40. The summed E-state index contributed by atoms with van der Waals surface area (Å²) in [5.74, 6) is 2.04. The zero-order chi connectivity index (χ0) is 45.6. The first kappa shape index (κ1) is 41.7. The van der Waals surface area contributed by atoms with E-state index < -0.39 is 5.41 Å². The Morgan fingerprint density at radius 1 is 0.561 bits per heavy atom. The van der Waals surface area contributed by atoms with Crippen molar-refractivity contribution in [2.24, 2.45) is 0 Å². The van der Waals surface area contributed by atoms with E-state index in [1.807, 2.05) is 6.20 Å². The molecule has 0 bridgehead atoms. The van der Waals surface area contributed by atoms with E-state index in [9.17, 15) is 0 Å². The highest BCUT2D eigenvalue weighted by atomic mass is 15.1. The molecule has 0 unspecified atom stereocenters. The lowest BCUT2D eigenvalue weighted by Crippen LogP contribution is -2.30. The number of hydrogen-bond acceptors (Lipinski definition) is 2. The van der Waals surface area contributed by atoms with Gasteiger partial charge in [0.25, 0.3) is 0 Å². The number of nitrogens with one attached hydrogen (secondary N) is 1. The summed E-state index contributed by atoms with van der Waals surface area (Å²) >= 11 is 0. The third-order valence-electron chi connectivity index (χ3n) is 14.4. The van der Waals surface area contributed by atoms with Gasteiger partial charge in [-0.3, -0.25) is 9.55 Å². The maximum atomic E-state index is 5.82. The summed E-state index contributed by atoms with van der Waals surface area (Å²) in [7, 11) is 0. The molecular formula is C62H58N4. The lowest BCUT2D eigenvalue weighted by atomic mass is 9.67. The van der Waals surface area contributed by atoms with Crippen LogP contribution in [0.4, 0.5) is 0 Å². The fourth-order valence-electron chi connectivity index (χ4n) is 11.0. The van der Waals surface area contributed by atoms with Gasteiger partial charge in [0.1, 0.15) is 5.82 Å². The van der Waals surface area contributed by atoms with Crippen molar-refractivity contribution in [2.75, 3.05) is 0 Å². The molecule has 0 spiro atoms. The molecule has 0 aliphatic heterocycles. The number of H-pyrrole nitrogens is 1. The van der Waals surface area contributed by atoms with E-state index in [-0.39, 0.29) is 5.41 Å². The van der Waals surface area contributed by atoms with Gasteiger partial charge in [-0.05, 0) is 127 Å². The van der Waals surface area contributed by atoms with Crippen LogP contribution in [0, 0.1) is 0 Å². The topological polar surface area (TPSA) is 46.5 Å². The fraction of sp³-hybridized carbons (Fsp3) is 0.226. The monoisotopic (exact) mass is 858 g/mol. The first-order valence-electron chi connectivity index (χ1n) is 23.8. The van der Waals surface area contributed by atoms with E-state index in [1.54, 1.807) is 0 Å². The van der Waals surface area contributed by atoms with Crippen LogP contribution >= 0.6 is 0 Å². The summed E-state index contributed by atoms with van der Waals surface area (Å²) in [6.45, 7) is 20.8. The van der Waals surface area contributed by atoms with Crippen LogP contribution in [0.3, 0.4) is 0 Å². The van der Waals surface area contributed by atoms with Crippen LogP contribution in [0.25, 0.3) is 72.2 Å². The number of aromatic nitrogens is 4. The van der Waals surface area contributed by atoms with Gasteiger partial charge in [0.15, 0.2) is 0 Å². The number of imidazole rings is 1. The Kier molecular flexibility index (Phi) is 9.81. The highest BCUT2D eigenvalue weighted by Crippen LogP contribution is 2.57. The molecule has 0 fully saturated rings. The molecule has 1 aliphatic carbocycles. The number of nitrogens with zero attached hydrogens (tertiary/aromatic N) is 3. The average molecular weight is 859 g/mol. The predicted octanol–water partition coefficient (Wildman–Crippen LogP) is 16.4. The molecule has 7 aromatic carbocycles. The van der Waals surface area contributed by atoms with Crippen LogP contribution in [0.2, 0.25) is 0 Å². The molecule has 4 nitrogen and oxygen atoms in total. The normalized spacial score (nSPS) is 13.5. The molecule has 4 heteroatoms. The molecule has 0 amide bonds. The molecule has 66 heavy (non-hydrogen) atoms. The third-order valence-corrected chi connectivity index (χ3v) is 14.4. The molecule has 3 aromatic heterocycles. The van der Waals surface area contributed by atoms with Gasteiger partial charge in [-0.1, -0.05) is 172 Å². The number of aromatic amines is 1. The van der Waals surface area contributed by atoms with Crippen molar-refractivity contribution in [1.82, 2.24) is 19.5 Å². The van der Waals surface area contributed by atoms with Crippen LogP contribution in [-0.2, 0) is 10.8 Å². The van der Waals surface area contributed by atoms with Crippen molar-refractivity contribution in [3.63, 3.8) is 0 Å². The minimum atomic E-state index is -0.664. The molecule has 0 radical (unpaired) electrons. The molecule has 0 saturated carbocycles. The summed E-state index contributed by atoms with van der Waals surface area (Å²) in [5, 5.41) is 2.41. The number of benzene rings is 7. The Bertz CT molecular complexity index is 3470. The van der Waals surface area contributed by atoms with E-state index in [4.69, 9.17) is 9.97 Å². The summed E-state index contributed by atoms with van der Waals surface area (Å²) in [6.07, 6.45) is 2.02. The zero-order valence-corrected chi connectivity index (χ0v) is 39.7. The first-order chi connectivity index (χ1) is 31.8.